The van der Waals surface area contributed by atoms with Gasteiger partial charge in [-0.15, -0.1) is 0 Å². The van der Waals surface area contributed by atoms with Crippen LogP contribution in [0.2, 0.25) is 0 Å². The van der Waals surface area contributed by atoms with E-state index in [0.29, 0.717) is 11.3 Å². The van der Waals surface area contributed by atoms with Crippen molar-refractivity contribution in [3.8, 4) is 0 Å². The van der Waals surface area contributed by atoms with Gasteiger partial charge in [0.05, 0.1) is 0 Å². The summed E-state index contributed by atoms with van der Waals surface area (Å²) < 4.78 is 25.1. The Kier molecular flexibility index (Phi) is 4.98. The van der Waals surface area contributed by atoms with Gasteiger partial charge in [-0.3, -0.25) is 4.79 Å². The lowest BCUT2D eigenvalue weighted by atomic mass is 10.2. The van der Waals surface area contributed by atoms with E-state index in [2.05, 4.69) is 17.4 Å². The molecular weight excluding hydrogens is 246 g/mol. The van der Waals surface area contributed by atoms with Crippen LogP contribution < -0.4 is 4.72 Å². The number of hydrogen-bond donors (Lipinski definition) is 2. The molecule has 1 rings (SSSR count). The van der Waals surface area contributed by atoms with Gasteiger partial charge in [0.2, 0.25) is 10.0 Å². The monoisotopic (exact) mass is 259 g/mol. The van der Waals surface area contributed by atoms with E-state index in [1.807, 2.05) is 0 Å². The fourth-order valence-corrected chi connectivity index (χ4v) is 2.42. The number of sulfonamides is 1. The van der Waals surface area contributed by atoms with E-state index in [0.717, 1.165) is 0 Å². The van der Waals surface area contributed by atoms with Crippen molar-refractivity contribution in [1.29, 1.82) is 0 Å². The second kappa shape index (κ2) is 6.03. The lowest BCUT2D eigenvalue weighted by Crippen LogP contribution is -2.31. The van der Waals surface area contributed by atoms with E-state index in [1.165, 1.54) is 0 Å². The standard InChI is InChI=1S/C10H13NO3S2/c12-10(9-4-2-1-3-5-9)8-16(13,14)11-6-7-15/h1-5,11,15H,6-8H2. The summed E-state index contributed by atoms with van der Waals surface area (Å²) >= 11 is 3.88. The number of benzene rings is 1. The molecule has 1 aromatic rings. The largest absolute Gasteiger partial charge is 0.293 e. The van der Waals surface area contributed by atoms with Crippen molar-refractivity contribution in [2.24, 2.45) is 0 Å². The number of rotatable bonds is 6. The summed E-state index contributed by atoms with van der Waals surface area (Å²) in [5, 5.41) is 0. The van der Waals surface area contributed by atoms with E-state index in [1.54, 1.807) is 30.3 Å². The molecule has 0 saturated carbocycles. The van der Waals surface area contributed by atoms with Crippen molar-refractivity contribution < 1.29 is 13.2 Å². The normalized spacial score (nSPS) is 11.3. The quantitative estimate of drug-likeness (QED) is 0.584. The minimum Gasteiger partial charge on any atom is -0.293 e. The minimum atomic E-state index is -3.54. The van der Waals surface area contributed by atoms with E-state index >= 15 is 0 Å². The lowest BCUT2D eigenvalue weighted by Gasteiger charge is -2.04. The summed E-state index contributed by atoms with van der Waals surface area (Å²) in [6.45, 7) is 0.230. The summed E-state index contributed by atoms with van der Waals surface area (Å²) in [4.78, 5) is 11.6. The van der Waals surface area contributed by atoms with Gasteiger partial charge in [-0.2, -0.15) is 12.6 Å². The number of carbonyl (C=O) groups excluding carboxylic acids is 1. The average molecular weight is 259 g/mol. The van der Waals surface area contributed by atoms with E-state index in [-0.39, 0.29) is 6.54 Å². The van der Waals surface area contributed by atoms with Crippen molar-refractivity contribution in [2.45, 2.75) is 0 Å². The minimum absolute atomic E-state index is 0.230. The molecule has 0 radical (unpaired) electrons. The van der Waals surface area contributed by atoms with E-state index in [9.17, 15) is 13.2 Å². The molecule has 1 N–H and O–H groups in total. The molecule has 0 unspecified atom stereocenters. The van der Waals surface area contributed by atoms with Crippen LogP contribution in [0.5, 0.6) is 0 Å². The third-order valence-electron chi connectivity index (χ3n) is 1.85. The molecule has 0 bridgehead atoms. The van der Waals surface area contributed by atoms with Crippen LogP contribution in [0.1, 0.15) is 10.4 Å². The number of ketones is 1. The van der Waals surface area contributed by atoms with Crippen molar-refractivity contribution in [1.82, 2.24) is 4.72 Å². The maximum Gasteiger partial charge on any atom is 0.219 e. The topological polar surface area (TPSA) is 63.2 Å². The van der Waals surface area contributed by atoms with E-state index in [4.69, 9.17) is 0 Å². The van der Waals surface area contributed by atoms with Crippen molar-refractivity contribution >= 4 is 28.4 Å². The van der Waals surface area contributed by atoms with Crippen LogP contribution in [0, 0.1) is 0 Å². The fourth-order valence-electron chi connectivity index (χ4n) is 1.13. The van der Waals surface area contributed by atoms with Crippen molar-refractivity contribution in [3.05, 3.63) is 35.9 Å². The van der Waals surface area contributed by atoms with Gasteiger partial charge in [0.1, 0.15) is 5.75 Å². The van der Waals surface area contributed by atoms with Crippen LogP contribution in [-0.4, -0.2) is 32.3 Å². The first-order valence-electron chi connectivity index (χ1n) is 4.71. The molecule has 88 valence electrons. The number of Topliss-reactive ketones (excluding diaryl/α,β-unsaturated/α-hetero) is 1. The summed E-state index contributed by atoms with van der Waals surface area (Å²) in [6, 6.07) is 8.35. The Balaban J connectivity index is 2.65. The molecule has 0 heterocycles. The van der Waals surface area contributed by atoms with Gasteiger partial charge in [-0.1, -0.05) is 30.3 Å². The number of nitrogens with one attached hydrogen (secondary N) is 1. The Hall–Kier alpha value is -0.850. The zero-order valence-corrected chi connectivity index (χ0v) is 10.3. The van der Waals surface area contributed by atoms with E-state index < -0.39 is 21.6 Å². The summed E-state index contributed by atoms with van der Waals surface area (Å²) in [6.07, 6.45) is 0. The van der Waals surface area contributed by atoms with Crippen LogP contribution in [-0.2, 0) is 10.0 Å². The van der Waals surface area contributed by atoms with Gasteiger partial charge in [0, 0.05) is 17.9 Å². The first-order chi connectivity index (χ1) is 7.55. The number of thiol groups is 1. The maximum atomic E-state index is 11.6. The molecule has 16 heavy (non-hydrogen) atoms. The van der Waals surface area contributed by atoms with Crippen LogP contribution in [0.15, 0.2) is 30.3 Å². The highest BCUT2D eigenvalue weighted by molar-refractivity contribution is 7.90. The highest BCUT2D eigenvalue weighted by Crippen LogP contribution is 2.01. The zero-order valence-electron chi connectivity index (χ0n) is 8.59. The summed E-state index contributed by atoms with van der Waals surface area (Å²) in [7, 11) is -3.54. The van der Waals surface area contributed by atoms with Crippen LogP contribution >= 0.6 is 12.6 Å². The molecule has 1 aromatic carbocycles. The molecule has 6 heteroatoms. The Labute approximate surface area is 101 Å². The molecule has 0 atom stereocenters. The second-order valence-electron chi connectivity index (χ2n) is 3.17. The first-order valence-corrected chi connectivity index (χ1v) is 7.00. The SMILES string of the molecule is O=C(CS(=O)(=O)NCCS)c1ccccc1. The smallest absolute Gasteiger partial charge is 0.219 e. The van der Waals surface area contributed by atoms with Gasteiger partial charge < -0.3 is 0 Å². The van der Waals surface area contributed by atoms with Crippen LogP contribution in [0.4, 0.5) is 0 Å². The molecule has 0 aliphatic carbocycles. The second-order valence-corrected chi connectivity index (χ2v) is 5.42. The molecule has 0 aliphatic heterocycles. The molecule has 0 amide bonds. The van der Waals surface area contributed by atoms with Crippen molar-refractivity contribution in [2.75, 3.05) is 18.1 Å². The van der Waals surface area contributed by atoms with Gasteiger partial charge in [0.25, 0.3) is 0 Å². The first kappa shape index (κ1) is 13.2. The van der Waals surface area contributed by atoms with Crippen LogP contribution in [0.3, 0.4) is 0 Å². The van der Waals surface area contributed by atoms with Gasteiger partial charge >= 0.3 is 0 Å². The third kappa shape index (κ3) is 4.34. The molecule has 4 nitrogen and oxygen atoms in total. The number of carbonyl (C=O) groups is 1. The van der Waals surface area contributed by atoms with Gasteiger partial charge in [0.15, 0.2) is 5.78 Å². The molecule has 0 spiro atoms. The predicted molar refractivity (Wildman–Crippen MR) is 66.4 cm³/mol. The molecular formula is C10H13NO3S2. The maximum absolute atomic E-state index is 11.6. The highest BCUT2D eigenvalue weighted by Gasteiger charge is 2.16. The lowest BCUT2D eigenvalue weighted by molar-refractivity contribution is 0.102. The summed E-state index contributed by atoms with van der Waals surface area (Å²) in [5.74, 6) is -0.531. The molecule has 0 saturated heterocycles. The molecule has 0 fully saturated rings. The fraction of sp³-hybridized carbons (Fsp3) is 0.300. The Morgan fingerprint density at radius 1 is 1.25 bits per heavy atom. The highest BCUT2D eigenvalue weighted by atomic mass is 32.2. The summed E-state index contributed by atoms with van der Waals surface area (Å²) in [5.41, 5.74) is 0.402. The Morgan fingerprint density at radius 2 is 1.88 bits per heavy atom. The Morgan fingerprint density at radius 3 is 2.44 bits per heavy atom. The number of hydrogen-bond acceptors (Lipinski definition) is 4. The third-order valence-corrected chi connectivity index (χ3v) is 3.36. The molecule has 0 aromatic heterocycles. The average Bonchev–Trinajstić information content (AvgIpc) is 2.27. The zero-order chi connectivity index (χ0) is 12.0. The Bertz CT molecular complexity index is 442. The predicted octanol–water partition coefficient (Wildman–Crippen LogP) is 0.719. The van der Waals surface area contributed by atoms with Gasteiger partial charge in [-0.25, -0.2) is 13.1 Å². The van der Waals surface area contributed by atoms with Crippen LogP contribution in [0.25, 0.3) is 0 Å². The molecule has 0 aliphatic rings. The van der Waals surface area contributed by atoms with Crippen molar-refractivity contribution in [3.63, 3.8) is 0 Å². The van der Waals surface area contributed by atoms with Gasteiger partial charge in [-0.05, 0) is 0 Å².